The van der Waals surface area contributed by atoms with Gasteiger partial charge in [0.05, 0.1) is 22.7 Å². The van der Waals surface area contributed by atoms with Gasteiger partial charge in [-0.15, -0.1) is 0 Å². The van der Waals surface area contributed by atoms with E-state index < -0.39 is 11.7 Å². The van der Waals surface area contributed by atoms with Gasteiger partial charge in [0.25, 0.3) is 5.91 Å². The highest BCUT2D eigenvalue weighted by atomic mass is 31.1. The Balaban J connectivity index is 1.48. The topological polar surface area (TPSA) is 52.9 Å². The third-order valence-electron chi connectivity index (χ3n) is 5.87. The second kappa shape index (κ2) is 7.74. The Bertz CT molecular complexity index is 1180. The van der Waals surface area contributed by atoms with Gasteiger partial charge in [0.1, 0.15) is 5.65 Å². The summed E-state index contributed by atoms with van der Waals surface area (Å²) in [6.07, 6.45) is 6.00. The van der Waals surface area contributed by atoms with Gasteiger partial charge in [0.2, 0.25) is 0 Å². The van der Waals surface area contributed by atoms with Gasteiger partial charge in [-0.3, -0.25) is 4.79 Å². The molecule has 5 rings (SSSR count). The maximum Gasteiger partial charge on any atom is 0.420 e. The van der Waals surface area contributed by atoms with E-state index in [1.54, 1.807) is 24.2 Å². The highest BCUT2D eigenvalue weighted by Crippen LogP contribution is 2.46. The van der Waals surface area contributed by atoms with E-state index in [9.17, 15) is 18.0 Å². The quantitative estimate of drug-likeness (QED) is 0.696. The SMILES string of the molecule is Cc1cn2cc(C3=CC(=O)N4C=C(N5CCN[C@@H](C)C5)C=CC4P3)cc(C(F)(F)F)c2n1. The number of aryl methyl sites for hydroxylation is 1. The van der Waals surface area contributed by atoms with Crippen LogP contribution in [-0.2, 0) is 11.0 Å². The molecule has 3 atom stereocenters. The lowest BCUT2D eigenvalue weighted by molar-refractivity contribution is -0.136. The van der Waals surface area contributed by atoms with Crippen LogP contribution in [0.1, 0.15) is 23.7 Å². The molecule has 6 nitrogen and oxygen atoms in total. The number of allylic oxidation sites excluding steroid dienone is 1. The van der Waals surface area contributed by atoms with Crippen molar-refractivity contribution in [2.75, 3.05) is 19.6 Å². The molecule has 0 radical (unpaired) electrons. The van der Waals surface area contributed by atoms with E-state index in [0.29, 0.717) is 22.6 Å². The molecule has 1 fully saturated rings. The van der Waals surface area contributed by atoms with Crippen LogP contribution in [0.3, 0.4) is 0 Å². The summed E-state index contributed by atoms with van der Waals surface area (Å²) in [4.78, 5) is 20.9. The van der Waals surface area contributed by atoms with Crippen LogP contribution in [0.5, 0.6) is 0 Å². The summed E-state index contributed by atoms with van der Waals surface area (Å²) in [7, 11) is 0.140. The fourth-order valence-electron chi connectivity index (χ4n) is 4.36. The van der Waals surface area contributed by atoms with Gasteiger partial charge in [-0.2, -0.15) is 13.2 Å². The van der Waals surface area contributed by atoms with Crippen molar-refractivity contribution >= 4 is 25.4 Å². The number of carbonyl (C=O) groups is 1. The van der Waals surface area contributed by atoms with Crippen LogP contribution in [0.2, 0.25) is 0 Å². The number of carbonyl (C=O) groups excluding carboxylic acids is 1. The van der Waals surface area contributed by atoms with Crippen molar-refractivity contribution < 1.29 is 18.0 Å². The predicted molar refractivity (Wildman–Crippen MR) is 118 cm³/mol. The minimum atomic E-state index is -4.54. The van der Waals surface area contributed by atoms with Gasteiger partial charge in [-0.1, -0.05) is 14.7 Å². The second-order valence-corrected chi connectivity index (χ2v) is 9.78. The molecule has 3 aliphatic heterocycles. The van der Waals surface area contributed by atoms with Gasteiger partial charge in [0, 0.05) is 50.3 Å². The highest BCUT2D eigenvalue weighted by molar-refractivity contribution is 7.51. The molecule has 168 valence electrons. The largest absolute Gasteiger partial charge is 0.420 e. The van der Waals surface area contributed by atoms with E-state index in [4.69, 9.17) is 0 Å². The summed E-state index contributed by atoms with van der Waals surface area (Å²) < 4.78 is 42.5. The van der Waals surface area contributed by atoms with Crippen molar-refractivity contribution in [3.05, 3.63) is 65.4 Å². The number of fused-ring (bicyclic) bond motifs is 2. The number of amides is 1. The molecular formula is C22H23F3N5OP. The zero-order valence-electron chi connectivity index (χ0n) is 17.6. The Hall–Kier alpha value is -2.64. The molecule has 2 aromatic heterocycles. The molecule has 5 heterocycles. The molecule has 0 aromatic carbocycles. The van der Waals surface area contributed by atoms with Crippen molar-refractivity contribution in [3.8, 4) is 0 Å². The Morgan fingerprint density at radius 1 is 1.28 bits per heavy atom. The van der Waals surface area contributed by atoms with E-state index in [1.165, 1.54) is 10.5 Å². The van der Waals surface area contributed by atoms with Crippen molar-refractivity contribution in [1.82, 2.24) is 24.5 Å². The molecule has 1 amide bonds. The highest BCUT2D eigenvalue weighted by Gasteiger charge is 2.36. The number of hydrogen-bond donors (Lipinski definition) is 1. The number of aromatic nitrogens is 2. The first-order chi connectivity index (χ1) is 15.2. The maximum absolute atomic E-state index is 13.7. The lowest BCUT2D eigenvalue weighted by Crippen LogP contribution is -2.49. The molecule has 32 heavy (non-hydrogen) atoms. The third kappa shape index (κ3) is 3.84. The van der Waals surface area contributed by atoms with Gasteiger partial charge in [-0.25, -0.2) is 4.98 Å². The van der Waals surface area contributed by atoms with Crippen LogP contribution in [0.25, 0.3) is 11.0 Å². The number of pyridine rings is 1. The minimum Gasteiger partial charge on any atom is -0.368 e. The molecule has 0 saturated carbocycles. The number of alkyl halides is 3. The molecule has 0 aliphatic carbocycles. The molecule has 10 heteroatoms. The molecule has 0 spiro atoms. The van der Waals surface area contributed by atoms with Crippen LogP contribution < -0.4 is 5.32 Å². The van der Waals surface area contributed by atoms with Gasteiger partial charge in [0.15, 0.2) is 0 Å². The number of nitrogens with zero attached hydrogens (tertiary/aromatic N) is 4. The van der Waals surface area contributed by atoms with Crippen molar-refractivity contribution in [2.24, 2.45) is 0 Å². The van der Waals surface area contributed by atoms with Crippen LogP contribution in [0, 0.1) is 6.92 Å². The van der Waals surface area contributed by atoms with Crippen LogP contribution in [0.15, 0.2) is 48.6 Å². The van der Waals surface area contributed by atoms with Crippen molar-refractivity contribution in [3.63, 3.8) is 0 Å². The lowest BCUT2D eigenvalue weighted by atomic mass is 10.1. The van der Waals surface area contributed by atoms with E-state index in [2.05, 4.69) is 22.1 Å². The Morgan fingerprint density at radius 3 is 2.84 bits per heavy atom. The summed E-state index contributed by atoms with van der Waals surface area (Å²) >= 11 is 0. The molecule has 0 bridgehead atoms. The fraction of sp³-hybridized carbons (Fsp3) is 0.364. The van der Waals surface area contributed by atoms with E-state index >= 15 is 0 Å². The second-order valence-electron chi connectivity index (χ2n) is 8.36. The summed E-state index contributed by atoms with van der Waals surface area (Å²) in [6.45, 7) is 6.38. The Labute approximate surface area is 185 Å². The molecule has 3 aliphatic rings. The number of piperazine rings is 1. The monoisotopic (exact) mass is 461 g/mol. The first-order valence-corrected chi connectivity index (χ1v) is 11.5. The van der Waals surface area contributed by atoms with E-state index in [1.807, 2.05) is 18.4 Å². The first-order valence-electron chi connectivity index (χ1n) is 10.4. The van der Waals surface area contributed by atoms with Crippen molar-refractivity contribution in [1.29, 1.82) is 0 Å². The van der Waals surface area contributed by atoms with Crippen molar-refractivity contribution in [2.45, 2.75) is 31.8 Å². The first kappa shape index (κ1) is 21.2. The Kier molecular flexibility index (Phi) is 5.13. The smallest absolute Gasteiger partial charge is 0.368 e. The maximum atomic E-state index is 13.7. The predicted octanol–water partition coefficient (Wildman–Crippen LogP) is 3.55. The molecule has 2 unspecified atom stereocenters. The number of rotatable bonds is 2. The normalized spacial score (nSPS) is 24.7. The summed E-state index contributed by atoms with van der Waals surface area (Å²) in [5.41, 5.74) is 0.969. The molecule has 2 aromatic rings. The summed E-state index contributed by atoms with van der Waals surface area (Å²) in [5.74, 6) is -0.412. The zero-order chi connectivity index (χ0) is 22.6. The molecular weight excluding hydrogens is 438 g/mol. The average molecular weight is 461 g/mol. The average Bonchev–Trinajstić information content (AvgIpc) is 3.12. The number of nitrogens with one attached hydrogen (secondary N) is 1. The van der Waals surface area contributed by atoms with Crippen LogP contribution in [-0.4, -0.2) is 56.6 Å². The fourth-order valence-corrected chi connectivity index (χ4v) is 5.73. The summed E-state index contributed by atoms with van der Waals surface area (Å²) in [6, 6.07) is 1.48. The van der Waals surface area contributed by atoms with Gasteiger partial charge in [-0.05, 0) is 36.9 Å². The molecule has 1 saturated heterocycles. The third-order valence-corrected chi connectivity index (χ3v) is 7.38. The number of imidazole rings is 1. The number of hydrogen-bond acceptors (Lipinski definition) is 4. The standard InChI is InChI=1S/C22H23F3N5OP/c1-13-9-28(6-5-26-13)16-3-4-20-30(12-16)19(31)8-18(32-20)15-7-17(22(23,24)25)21-27-14(2)10-29(21)11-15/h3-4,7-8,10-13,20,26,32H,5-6,9H2,1-2H3/t13-,20?/m0/s1. The van der Waals surface area contributed by atoms with E-state index in [0.717, 1.165) is 31.4 Å². The van der Waals surface area contributed by atoms with Crippen LogP contribution in [0.4, 0.5) is 13.2 Å². The molecule has 1 N–H and O–H groups in total. The van der Waals surface area contributed by atoms with Gasteiger partial charge >= 0.3 is 6.18 Å². The zero-order valence-corrected chi connectivity index (χ0v) is 18.6. The van der Waals surface area contributed by atoms with E-state index in [-0.39, 0.29) is 25.9 Å². The van der Waals surface area contributed by atoms with Crippen LogP contribution >= 0.6 is 8.58 Å². The summed E-state index contributed by atoms with van der Waals surface area (Å²) in [5, 5.41) is 4.02. The van der Waals surface area contributed by atoms with Gasteiger partial charge < -0.3 is 19.5 Å². The number of halogens is 3. The minimum absolute atomic E-state index is 0.123. The Morgan fingerprint density at radius 2 is 2.09 bits per heavy atom. The lowest BCUT2D eigenvalue weighted by Gasteiger charge is -2.39.